The minimum atomic E-state index is -0.869. The zero-order valence-electron chi connectivity index (χ0n) is 17.4. The topological polar surface area (TPSA) is 85.7 Å². The Balaban J connectivity index is 1.43. The maximum Gasteiger partial charge on any atom is 0.326 e. The highest BCUT2D eigenvalue weighted by Gasteiger charge is 2.36. The number of hydrogen-bond donors (Lipinski definition) is 0. The number of imide groups is 1. The number of ketones is 1. The van der Waals surface area contributed by atoms with Gasteiger partial charge < -0.3 is 9.30 Å². The SMILES string of the molecule is Cc1cc(C(=O)COC(=O)CN2C(=O)c3ccccc3C2=O)c(C)n1-c1cccc(F)c1. The smallest absolute Gasteiger partial charge is 0.326 e. The number of benzene rings is 2. The molecule has 1 aliphatic heterocycles. The first-order valence-electron chi connectivity index (χ1n) is 9.87. The zero-order chi connectivity index (χ0) is 23.0. The van der Waals surface area contributed by atoms with Crippen molar-refractivity contribution in [2.75, 3.05) is 13.2 Å². The maximum atomic E-state index is 13.6. The number of nitrogens with zero attached hydrogens (tertiary/aromatic N) is 2. The number of fused-ring (bicyclic) bond motifs is 1. The van der Waals surface area contributed by atoms with E-state index >= 15 is 0 Å². The number of rotatable bonds is 6. The zero-order valence-corrected chi connectivity index (χ0v) is 17.4. The lowest BCUT2D eigenvalue weighted by atomic mass is 10.1. The summed E-state index contributed by atoms with van der Waals surface area (Å²) in [5, 5.41) is 0. The van der Waals surface area contributed by atoms with Gasteiger partial charge >= 0.3 is 5.97 Å². The first-order valence-corrected chi connectivity index (χ1v) is 9.87. The lowest BCUT2D eigenvalue weighted by molar-refractivity contribution is -0.142. The predicted molar refractivity (Wildman–Crippen MR) is 112 cm³/mol. The highest BCUT2D eigenvalue weighted by molar-refractivity contribution is 6.22. The molecule has 7 nitrogen and oxygen atoms in total. The lowest BCUT2D eigenvalue weighted by Crippen LogP contribution is -2.36. The molecule has 0 saturated carbocycles. The van der Waals surface area contributed by atoms with Crippen molar-refractivity contribution >= 4 is 23.6 Å². The second-order valence-electron chi connectivity index (χ2n) is 7.43. The van der Waals surface area contributed by atoms with E-state index in [1.165, 1.54) is 24.3 Å². The highest BCUT2D eigenvalue weighted by atomic mass is 19.1. The van der Waals surface area contributed by atoms with E-state index in [9.17, 15) is 23.6 Å². The van der Waals surface area contributed by atoms with E-state index in [1.807, 2.05) is 0 Å². The summed E-state index contributed by atoms with van der Waals surface area (Å²) in [6.45, 7) is 2.37. The summed E-state index contributed by atoms with van der Waals surface area (Å²) in [4.78, 5) is 50.4. The molecule has 0 N–H and O–H groups in total. The van der Waals surface area contributed by atoms with E-state index < -0.39 is 42.5 Å². The third-order valence-electron chi connectivity index (χ3n) is 5.33. The van der Waals surface area contributed by atoms with E-state index in [0.717, 1.165) is 4.90 Å². The van der Waals surface area contributed by atoms with Crippen molar-refractivity contribution in [2.45, 2.75) is 13.8 Å². The number of esters is 1. The quantitative estimate of drug-likeness (QED) is 0.338. The minimum Gasteiger partial charge on any atom is -0.456 e. The standard InChI is InChI=1S/C24H19FN2O5/c1-14-10-20(15(2)27(14)17-7-5-6-16(25)11-17)21(28)13-32-22(29)12-26-23(30)18-8-3-4-9-19(18)24(26)31/h3-11H,12-13H2,1-2H3. The number of aromatic nitrogens is 1. The van der Waals surface area contributed by atoms with Gasteiger partial charge in [0.15, 0.2) is 6.61 Å². The molecular formula is C24H19FN2O5. The molecule has 32 heavy (non-hydrogen) atoms. The van der Waals surface area contributed by atoms with E-state index in [4.69, 9.17) is 4.74 Å². The van der Waals surface area contributed by atoms with Crippen LogP contribution in [0.4, 0.5) is 4.39 Å². The van der Waals surface area contributed by atoms with Gasteiger partial charge in [0.25, 0.3) is 11.8 Å². The Morgan fingerprint density at radius 3 is 2.22 bits per heavy atom. The fourth-order valence-electron chi connectivity index (χ4n) is 3.84. The lowest BCUT2D eigenvalue weighted by Gasteiger charge is -2.13. The molecule has 0 saturated heterocycles. The molecule has 4 rings (SSSR count). The summed E-state index contributed by atoms with van der Waals surface area (Å²) in [6, 6.07) is 13.9. The van der Waals surface area contributed by atoms with Gasteiger partial charge in [-0.3, -0.25) is 24.1 Å². The Morgan fingerprint density at radius 2 is 1.59 bits per heavy atom. The summed E-state index contributed by atoms with van der Waals surface area (Å²) in [6.07, 6.45) is 0. The Kier molecular flexibility index (Phi) is 5.44. The summed E-state index contributed by atoms with van der Waals surface area (Å²) < 4.78 is 20.4. The average Bonchev–Trinajstić information content (AvgIpc) is 3.20. The van der Waals surface area contributed by atoms with Crippen molar-refractivity contribution in [2.24, 2.45) is 0 Å². The van der Waals surface area contributed by atoms with Gasteiger partial charge in [0, 0.05) is 22.6 Å². The molecule has 2 heterocycles. The van der Waals surface area contributed by atoms with Crippen molar-refractivity contribution in [3.63, 3.8) is 0 Å². The molecule has 0 atom stereocenters. The predicted octanol–water partition coefficient (Wildman–Crippen LogP) is 3.26. The van der Waals surface area contributed by atoms with Crippen LogP contribution in [0, 0.1) is 19.7 Å². The monoisotopic (exact) mass is 434 g/mol. The van der Waals surface area contributed by atoms with Crippen LogP contribution in [0.5, 0.6) is 0 Å². The molecule has 0 radical (unpaired) electrons. The molecular weight excluding hydrogens is 415 g/mol. The summed E-state index contributed by atoms with van der Waals surface area (Å²) >= 11 is 0. The Labute approximate surface area is 183 Å². The number of halogens is 1. The van der Waals surface area contributed by atoms with Crippen molar-refractivity contribution in [1.29, 1.82) is 0 Å². The van der Waals surface area contributed by atoms with Gasteiger partial charge in [-0.05, 0) is 50.2 Å². The number of aryl methyl sites for hydroxylation is 1. The summed E-state index contributed by atoms with van der Waals surface area (Å²) in [5.74, 6) is -2.87. The third-order valence-corrected chi connectivity index (χ3v) is 5.33. The van der Waals surface area contributed by atoms with Crippen molar-refractivity contribution in [3.05, 3.63) is 88.5 Å². The molecule has 1 aromatic heterocycles. The van der Waals surface area contributed by atoms with Crippen LogP contribution < -0.4 is 0 Å². The van der Waals surface area contributed by atoms with Crippen LogP contribution in [0.25, 0.3) is 5.69 Å². The maximum absolute atomic E-state index is 13.6. The molecule has 1 aliphatic rings. The van der Waals surface area contributed by atoms with Gasteiger partial charge in [0.1, 0.15) is 12.4 Å². The van der Waals surface area contributed by atoms with Crippen molar-refractivity contribution < 1.29 is 28.3 Å². The molecule has 162 valence electrons. The van der Waals surface area contributed by atoms with Crippen LogP contribution >= 0.6 is 0 Å². The van der Waals surface area contributed by atoms with E-state index in [0.29, 0.717) is 22.6 Å². The van der Waals surface area contributed by atoms with Crippen LogP contribution in [0.1, 0.15) is 42.5 Å². The largest absolute Gasteiger partial charge is 0.456 e. The number of ether oxygens (including phenoxy) is 1. The van der Waals surface area contributed by atoms with Gasteiger partial charge in [-0.15, -0.1) is 0 Å². The van der Waals surface area contributed by atoms with Crippen LogP contribution in [0.15, 0.2) is 54.6 Å². The van der Waals surface area contributed by atoms with E-state index in [2.05, 4.69) is 0 Å². The summed E-state index contributed by atoms with van der Waals surface area (Å²) in [7, 11) is 0. The van der Waals surface area contributed by atoms with Gasteiger partial charge in [-0.2, -0.15) is 0 Å². The molecule has 3 aromatic rings. The van der Waals surface area contributed by atoms with Crippen molar-refractivity contribution in [3.8, 4) is 5.69 Å². The molecule has 0 unspecified atom stereocenters. The van der Waals surface area contributed by atoms with Crippen LogP contribution in [-0.4, -0.2) is 46.2 Å². The number of Topliss-reactive ketones (excluding diaryl/α,β-unsaturated/α-hetero) is 1. The van der Waals surface area contributed by atoms with Crippen LogP contribution in [0.2, 0.25) is 0 Å². The van der Waals surface area contributed by atoms with Gasteiger partial charge in [-0.25, -0.2) is 4.39 Å². The van der Waals surface area contributed by atoms with E-state index in [1.54, 1.807) is 48.7 Å². The number of hydrogen-bond acceptors (Lipinski definition) is 5. The average molecular weight is 434 g/mol. The van der Waals surface area contributed by atoms with E-state index in [-0.39, 0.29) is 11.1 Å². The first-order chi connectivity index (χ1) is 15.3. The molecule has 8 heteroatoms. The van der Waals surface area contributed by atoms with Crippen LogP contribution in [-0.2, 0) is 9.53 Å². The van der Waals surface area contributed by atoms with Crippen LogP contribution in [0.3, 0.4) is 0 Å². The normalized spacial score (nSPS) is 12.8. The third kappa shape index (κ3) is 3.71. The minimum absolute atomic E-state index is 0.228. The Bertz CT molecular complexity index is 1240. The highest BCUT2D eigenvalue weighted by Crippen LogP contribution is 2.23. The first kappa shape index (κ1) is 21.2. The molecule has 0 bridgehead atoms. The molecule has 2 aromatic carbocycles. The van der Waals surface area contributed by atoms with Gasteiger partial charge in [0.2, 0.25) is 5.78 Å². The fraction of sp³-hybridized carbons (Fsp3) is 0.167. The fourth-order valence-corrected chi connectivity index (χ4v) is 3.84. The van der Waals surface area contributed by atoms with Gasteiger partial charge in [-0.1, -0.05) is 18.2 Å². The Morgan fingerprint density at radius 1 is 0.938 bits per heavy atom. The number of carbonyl (C=O) groups excluding carboxylic acids is 4. The van der Waals surface area contributed by atoms with Crippen molar-refractivity contribution in [1.82, 2.24) is 9.47 Å². The summed E-state index contributed by atoms with van der Waals surface area (Å²) in [5.41, 5.74) is 2.66. The number of amides is 2. The molecule has 0 fully saturated rings. The van der Waals surface area contributed by atoms with Gasteiger partial charge in [0.05, 0.1) is 11.1 Å². The number of carbonyl (C=O) groups is 4. The molecule has 0 aliphatic carbocycles. The second-order valence-corrected chi connectivity index (χ2v) is 7.43. The Hall–Kier alpha value is -4.07. The molecule has 2 amide bonds. The second kappa shape index (κ2) is 8.22. The molecule has 0 spiro atoms.